The van der Waals surface area contributed by atoms with Gasteiger partial charge in [-0.2, -0.15) is 0 Å². The zero-order chi connectivity index (χ0) is 21.9. The van der Waals surface area contributed by atoms with Crippen LogP contribution < -0.4 is 4.57 Å². The van der Waals surface area contributed by atoms with Crippen LogP contribution in [0.1, 0.15) is 48.1 Å². The highest BCUT2D eigenvalue weighted by Crippen LogP contribution is 2.56. The van der Waals surface area contributed by atoms with Gasteiger partial charge in [-0.05, 0) is 66.6 Å². The van der Waals surface area contributed by atoms with Crippen molar-refractivity contribution in [3.63, 3.8) is 0 Å². The third kappa shape index (κ3) is 2.72. The number of nitrogens with zero attached hydrogens (tertiary/aromatic N) is 2. The van der Waals surface area contributed by atoms with Crippen LogP contribution in [0.25, 0.3) is 33.5 Å². The maximum absolute atomic E-state index is 4.91. The summed E-state index contributed by atoms with van der Waals surface area (Å²) >= 11 is 0. The first-order chi connectivity index (χ1) is 15.6. The van der Waals surface area contributed by atoms with Gasteiger partial charge in [-0.3, -0.25) is 4.98 Å². The van der Waals surface area contributed by atoms with Crippen LogP contribution in [-0.4, -0.2) is 4.98 Å². The fraction of sp³-hybridized carbons (Fsp3) is 0.267. The molecule has 1 fully saturated rings. The number of benzene rings is 2. The average Bonchev–Trinajstić information content (AvgIpc) is 3.40. The number of aromatic nitrogens is 2. The number of rotatable bonds is 2. The quantitative estimate of drug-likeness (QED) is 0.332. The molecular weight excluding hydrogens is 388 g/mol. The molecule has 4 aromatic rings. The number of hydrogen-bond donors (Lipinski definition) is 0. The molecule has 0 N–H and O–H groups in total. The van der Waals surface area contributed by atoms with Gasteiger partial charge in [0.15, 0.2) is 6.20 Å². The summed E-state index contributed by atoms with van der Waals surface area (Å²) in [5.41, 5.74) is 13.5. The van der Waals surface area contributed by atoms with E-state index in [1.54, 1.807) is 0 Å². The highest BCUT2D eigenvalue weighted by molar-refractivity contribution is 5.84. The molecule has 2 aliphatic carbocycles. The average molecular weight is 418 g/mol. The summed E-state index contributed by atoms with van der Waals surface area (Å²) in [5.74, 6) is 0. The van der Waals surface area contributed by atoms with Gasteiger partial charge in [0.1, 0.15) is 7.05 Å². The number of aryl methyl sites for hydroxylation is 3. The van der Waals surface area contributed by atoms with Crippen LogP contribution in [0.15, 0.2) is 73.1 Å². The molecule has 2 aliphatic rings. The first-order valence-corrected chi connectivity index (χ1v) is 11.8. The molecule has 2 heterocycles. The van der Waals surface area contributed by atoms with Crippen molar-refractivity contribution < 1.29 is 4.57 Å². The minimum Gasteiger partial charge on any atom is -0.260 e. The topological polar surface area (TPSA) is 16.8 Å². The summed E-state index contributed by atoms with van der Waals surface area (Å²) in [7, 11) is 2.18. The molecule has 2 heteroatoms. The van der Waals surface area contributed by atoms with E-state index in [4.69, 9.17) is 4.98 Å². The van der Waals surface area contributed by atoms with Gasteiger partial charge < -0.3 is 0 Å². The summed E-state index contributed by atoms with van der Waals surface area (Å²) < 4.78 is 2.30. The lowest BCUT2D eigenvalue weighted by Crippen LogP contribution is -2.31. The standard InChI is InChI=1S/C30H29N2/c1-20-16-25-23-12-9-15-31-29(23)30(13-7-8-14-30)27(25)18-24(20)28-17-21(2)26(19-32(28)3)22-10-5-4-6-11-22/h4-6,9-12,15-19H,7-8,13-14H2,1-3H3/q+1. The lowest BCUT2D eigenvalue weighted by molar-refractivity contribution is -0.660. The second-order valence-corrected chi connectivity index (χ2v) is 9.63. The molecule has 1 spiro atoms. The molecule has 0 saturated heterocycles. The highest BCUT2D eigenvalue weighted by atomic mass is 14.9. The van der Waals surface area contributed by atoms with Crippen molar-refractivity contribution in [3.8, 4) is 33.5 Å². The lowest BCUT2D eigenvalue weighted by Gasteiger charge is -2.25. The highest BCUT2D eigenvalue weighted by Gasteiger charge is 2.46. The van der Waals surface area contributed by atoms with E-state index < -0.39 is 0 Å². The zero-order valence-electron chi connectivity index (χ0n) is 19.2. The van der Waals surface area contributed by atoms with Gasteiger partial charge in [0.25, 0.3) is 0 Å². The molecule has 6 rings (SSSR count). The van der Waals surface area contributed by atoms with Gasteiger partial charge >= 0.3 is 0 Å². The molecule has 2 aromatic carbocycles. The summed E-state index contributed by atoms with van der Waals surface area (Å²) in [6, 6.07) is 22.3. The van der Waals surface area contributed by atoms with E-state index in [-0.39, 0.29) is 5.41 Å². The Morgan fingerprint density at radius 3 is 2.31 bits per heavy atom. The van der Waals surface area contributed by atoms with Gasteiger partial charge in [0.05, 0.1) is 5.69 Å². The molecule has 158 valence electrons. The second-order valence-electron chi connectivity index (χ2n) is 9.63. The van der Waals surface area contributed by atoms with E-state index in [0.717, 1.165) is 0 Å². The Morgan fingerprint density at radius 2 is 1.53 bits per heavy atom. The first kappa shape index (κ1) is 19.4. The van der Waals surface area contributed by atoms with Crippen molar-refractivity contribution in [1.29, 1.82) is 0 Å². The van der Waals surface area contributed by atoms with Crippen LogP contribution >= 0.6 is 0 Å². The van der Waals surface area contributed by atoms with E-state index in [9.17, 15) is 0 Å². The molecule has 0 atom stereocenters. The Morgan fingerprint density at radius 1 is 0.781 bits per heavy atom. The van der Waals surface area contributed by atoms with Gasteiger partial charge in [-0.25, -0.2) is 4.57 Å². The van der Waals surface area contributed by atoms with E-state index in [1.165, 1.54) is 81.6 Å². The van der Waals surface area contributed by atoms with Crippen LogP contribution in [0.5, 0.6) is 0 Å². The molecular formula is C30H29N2+. The van der Waals surface area contributed by atoms with Crippen molar-refractivity contribution in [2.45, 2.75) is 44.9 Å². The smallest absolute Gasteiger partial charge is 0.212 e. The van der Waals surface area contributed by atoms with Crippen LogP contribution in [0, 0.1) is 13.8 Å². The number of pyridine rings is 2. The minimum atomic E-state index is 0.103. The Bertz CT molecular complexity index is 1350. The third-order valence-corrected chi connectivity index (χ3v) is 7.73. The van der Waals surface area contributed by atoms with Crippen molar-refractivity contribution in [2.75, 3.05) is 0 Å². The maximum atomic E-state index is 4.91. The summed E-state index contributed by atoms with van der Waals surface area (Å²) in [6.45, 7) is 4.48. The largest absolute Gasteiger partial charge is 0.260 e. The summed E-state index contributed by atoms with van der Waals surface area (Å²) in [4.78, 5) is 4.91. The van der Waals surface area contributed by atoms with Crippen molar-refractivity contribution >= 4 is 0 Å². The molecule has 2 aromatic heterocycles. The predicted molar refractivity (Wildman–Crippen MR) is 130 cm³/mol. The SMILES string of the molecule is Cc1cc(-c2cc3c(cc2C)-c2cccnc2C32CCCC2)[n+](C)cc1-c1ccccc1. The Kier molecular flexibility index (Phi) is 4.33. The predicted octanol–water partition coefficient (Wildman–Crippen LogP) is 6.70. The Balaban J connectivity index is 1.54. The number of fused-ring (bicyclic) bond motifs is 5. The van der Waals surface area contributed by atoms with E-state index >= 15 is 0 Å². The van der Waals surface area contributed by atoms with Crippen molar-refractivity contribution in [1.82, 2.24) is 4.98 Å². The molecule has 1 saturated carbocycles. The van der Waals surface area contributed by atoms with Crippen LogP contribution in [0.3, 0.4) is 0 Å². The minimum absolute atomic E-state index is 0.103. The zero-order valence-corrected chi connectivity index (χ0v) is 19.2. The normalized spacial score (nSPS) is 15.7. The summed E-state index contributed by atoms with van der Waals surface area (Å²) in [6.07, 6.45) is 9.27. The van der Waals surface area contributed by atoms with Crippen LogP contribution in [0.2, 0.25) is 0 Å². The van der Waals surface area contributed by atoms with E-state index in [0.29, 0.717) is 0 Å². The maximum Gasteiger partial charge on any atom is 0.212 e. The molecule has 0 radical (unpaired) electrons. The van der Waals surface area contributed by atoms with Gasteiger partial charge in [0.2, 0.25) is 5.69 Å². The van der Waals surface area contributed by atoms with Crippen molar-refractivity contribution in [2.24, 2.45) is 7.05 Å². The van der Waals surface area contributed by atoms with E-state index in [2.05, 4.69) is 92.3 Å². The van der Waals surface area contributed by atoms with E-state index in [1.807, 2.05) is 6.20 Å². The fourth-order valence-corrected chi connectivity index (χ4v) is 6.16. The Hall–Kier alpha value is -3.26. The second kappa shape index (κ2) is 7.13. The molecule has 2 nitrogen and oxygen atoms in total. The molecule has 0 unspecified atom stereocenters. The lowest BCUT2D eigenvalue weighted by atomic mass is 9.78. The number of hydrogen-bond acceptors (Lipinski definition) is 1. The molecule has 0 bridgehead atoms. The van der Waals surface area contributed by atoms with Crippen LogP contribution in [-0.2, 0) is 12.5 Å². The first-order valence-electron chi connectivity index (χ1n) is 11.8. The monoisotopic (exact) mass is 417 g/mol. The molecule has 0 aliphatic heterocycles. The van der Waals surface area contributed by atoms with Crippen LogP contribution in [0.4, 0.5) is 0 Å². The molecule has 0 amide bonds. The summed E-state index contributed by atoms with van der Waals surface area (Å²) in [5, 5.41) is 0. The fourth-order valence-electron chi connectivity index (χ4n) is 6.16. The molecule has 32 heavy (non-hydrogen) atoms. The van der Waals surface area contributed by atoms with Gasteiger partial charge in [0, 0.05) is 34.4 Å². The third-order valence-electron chi connectivity index (χ3n) is 7.73. The Labute approximate surface area is 190 Å². The van der Waals surface area contributed by atoms with Crippen molar-refractivity contribution in [3.05, 3.63) is 95.4 Å². The van der Waals surface area contributed by atoms with Gasteiger partial charge in [-0.15, -0.1) is 0 Å². The van der Waals surface area contributed by atoms with Gasteiger partial charge in [-0.1, -0.05) is 55.3 Å².